The first-order chi connectivity index (χ1) is 14.6. The highest BCUT2D eigenvalue weighted by atomic mass is 16.5. The van der Waals surface area contributed by atoms with Crippen molar-refractivity contribution in [3.63, 3.8) is 0 Å². The molecule has 1 fully saturated rings. The van der Waals surface area contributed by atoms with Crippen LogP contribution in [0.3, 0.4) is 0 Å². The fourth-order valence-electron chi connectivity index (χ4n) is 3.67. The molecular formula is C24H24N2O4. The molecule has 0 unspecified atom stereocenters. The third-order valence-electron chi connectivity index (χ3n) is 5.25. The fraction of sp³-hybridized carbons (Fsp3) is 0.250. The van der Waals surface area contributed by atoms with E-state index in [-0.39, 0.29) is 19.1 Å². The van der Waals surface area contributed by atoms with E-state index in [4.69, 9.17) is 4.74 Å². The van der Waals surface area contributed by atoms with Crippen LogP contribution in [0.5, 0.6) is 5.75 Å². The lowest BCUT2D eigenvalue weighted by atomic mass is 10.1. The molecule has 1 aliphatic heterocycles. The van der Waals surface area contributed by atoms with Crippen molar-refractivity contribution in [3.05, 3.63) is 78.4 Å². The molecule has 0 aliphatic carbocycles. The third kappa shape index (κ3) is 4.44. The number of nitrogens with zero attached hydrogens (tertiary/aromatic N) is 1. The van der Waals surface area contributed by atoms with Gasteiger partial charge in [0.2, 0.25) is 0 Å². The number of rotatable bonds is 8. The molecule has 4 rings (SSSR count). The Morgan fingerprint density at radius 3 is 2.53 bits per heavy atom. The number of aliphatic hydroxyl groups excluding tert-OH is 1. The van der Waals surface area contributed by atoms with Gasteiger partial charge >= 0.3 is 6.03 Å². The van der Waals surface area contributed by atoms with Gasteiger partial charge in [0.05, 0.1) is 6.54 Å². The molecule has 1 saturated heterocycles. The lowest BCUT2D eigenvalue weighted by Crippen LogP contribution is -2.40. The Bertz CT molecular complexity index is 1030. The normalized spacial score (nSPS) is 17.2. The van der Waals surface area contributed by atoms with Crippen molar-refractivity contribution < 1.29 is 19.4 Å². The van der Waals surface area contributed by atoms with E-state index in [1.165, 1.54) is 0 Å². The molecule has 0 spiro atoms. The van der Waals surface area contributed by atoms with Gasteiger partial charge in [0.1, 0.15) is 24.5 Å². The number of aliphatic hydroxyl groups is 1. The summed E-state index contributed by atoms with van der Waals surface area (Å²) >= 11 is 0. The van der Waals surface area contributed by atoms with E-state index in [1.54, 1.807) is 0 Å². The second kappa shape index (κ2) is 8.97. The zero-order chi connectivity index (χ0) is 20.9. The molecule has 3 aromatic rings. The Morgan fingerprint density at radius 1 is 0.967 bits per heavy atom. The predicted octanol–water partition coefficient (Wildman–Crippen LogP) is 3.13. The average molecular weight is 404 g/mol. The van der Waals surface area contributed by atoms with Crippen LogP contribution in [0.25, 0.3) is 10.8 Å². The summed E-state index contributed by atoms with van der Waals surface area (Å²) in [5, 5.41) is 15.1. The number of fused-ring (bicyclic) bond motifs is 1. The first-order valence-corrected chi connectivity index (χ1v) is 10.1. The van der Waals surface area contributed by atoms with Crippen molar-refractivity contribution in [1.29, 1.82) is 0 Å². The van der Waals surface area contributed by atoms with Crippen LogP contribution >= 0.6 is 0 Å². The van der Waals surface area contributed by atoms with Crippen LogP contribution < -0.4 is 10.1 Å². The Labute approximate surface area is 175 Å². The van der Waals surface area contributed by atoms with Crippen LogP contribution in [-0.4, -0.2) is 47.2 Å². The molecule has 0 bridgehead atoms. The molecule has 2 N–H and O–H groups in total. The van der Waals surface area contributed by atoms with E-state index in [9.17, 15) is 14.7 Å². The number of ether oxygens (including phenoxy) is 1. The molecule has 0 aromatic heterocycles. The van der Waals surface area contributed by atoms with Gasteiger partial charge in [0.25, 0.3) is 5.91 Å². The van der Waals surface area contributed by atoms with Crippen molar-refractivity contribution in [2.75, 3.05) is 13.2 Å². The molecule has 0 radical (unpaired) electrons. The number of carbonyl (C=O) groups excluding carboxylic acids is 2. The maximum Gasteiger partial charge on any atom is 0.324 e. The average Bonchev–Trinajstić information content (AvgIpc) is 3.04. The van der Waals surface area contributed by atoms with Gasteiger partial charge < -0.3 is 15.2 Å². The topological polar surface area (TPSA) is 78.9 Å². The summed E-state index contributed by atoms with van der Waals surface area (Å²) in [6.45, 7) is -0.114. The van der Waals surface area contributed by atoms with Gasteiger partial charge in [-0.05, 0) is 29.9 Å². The monoisotopic (exact) mass is 404 g/mol. The SMILES string of the molecule is O=C1N[C@H](CCc2ccccc2)C(=O)N1C[C@@H](O)COc1cccc2ccccc12. The van der Waals surface area contributed by atoms with Crippen LogP contribution in [0.4, 0.5) is 4.79 Å². The first kappa shape index (κ1) is 19.9. The highest BCUT2D eigenvalue weighted by Crippen LogP contribution is 2.25. The number of aryl methyl sites for hydroxylation is 1. The Hall–Kier alpha value is -3.38. The number of nitrogens with one attached hydrogen (secondary N) is 1. The van der Waals surface area contributed by atoms with E-state index in [0.29, 0.717) is 18.6 Å². The second-order valence-electron chi connectivity index (χ2n) is 7.42. The number of amides is 3. The summed E-state index contributed by atoms with van der Waals surface area (Å²) in [5.41, 5.74) is 1.11. The molecule has 6 heteroatoms. The molecule has 3 amide bonds. The number of hydrogen-bond donors (Lipinski definition) is 2. The van der Waals surface area contributed by atoms with E-state index >= 15 is 0 Å². The smallest absolute Gasteiger partial charge is 0.324 e. The van der Waals surface area contributed by atoms with Gasteiger partial charge in [-0.1, -0.05) is 66.7 Å². The molecule has 154 valence electrons. The standard InChI is InChI=1S/C24H24N2O4/c27-19(16-30-22-12-6-10-18-9-4-5-11-20(18)22)15-26-23(28)21(25-24(26)29)14-13-17-7-2-1-3-8-17/h1-12,19,21,27H,13-16H2,(H,25,29)/t19-,21-/m1/s1. The second-order valence-corrected chi connectivity index (χ2v) is 7.42. The predicted molar refractivity (Wildman–Crippen MR) is 114 cm³/mol. The van der Waals surface area contributed by atoms with E-state index < -0.39 is 18.2 Å². The van der Waals surface area contributed by atoms with Crippen LogP contribution in [0.1, 0.15) is 12.0 Å². The number of urea groups is 1. The van der Waals surface area contributed by atoms with Gasteiger partial charge in [0.15, 0.2) is 0 Å². The first-order valence-electron chi connectivity index (χ1n) is 10.1. The van der Waals surface area contributed by atoms with E-state index in [0.717, 1.165) is 21.2 Å². The summed E-state index contributed by atoms with van der Waals surface area (Å²) in [6, 6.07) is 22.3. The number of benzene rings is 3. The zero-order valence-corrected chi connectivity index (χ0v) is 16.5. The van der Waals surface area contributed by atoms with Crippen molar-refractivity contribution in [2.24, 2.45) is 0 Å². The van der Waals surface area contributed by atoms with Crippen LogP contribution in [0.2, 0.25) is 0 Å². The van der Waals surface area contributed by atoms with Gasteiger partial charge in [-0.3, -0.25) is 9.69 Å². The lowest BCUT2D eigenvalue weighted by molar-refractivity contribution is -0.128. The molecule has 6 nitrogen and oxygen atoms in total. The summed E-state index contributed by atoms with van der Waals surface area (Å²) < 4.78 is 5.77. The Balaban J connectivity index is 1.32. The van der Waals surface area contributed by atoms with Crippen molar-refractivity contribution in [2.45, 2.75) is 25.0 Å². The summed E-state index contributed by atoms with van der Waals surface area (Å²) in [5.74, 6) is 0.352. The van der Waals surface area contributed by atoms with Crippen LogP contribution in [0, 0.1) is 0 Å². The van der Waals surface area contributed by atoms with Crippen LogP contribution in [0.15, 0.2) is 72.8 Å². The van der Waals surface area contributed by atoms with Crippen molar-refractivity contribution in [3.8, 4) is 5.75 Å². The Kier molecular flexibility index (Phi) is 5.95. The number of carbonyl (C=O) groups is 2. The fourth-order valence-corrected chi connectivity index (χ4v) is 3.67. The lowest BCUT2D eigenvalue weighted by Gasteiger charge is -2.18. The molecule has 1 aliphatic rings. The van der Waals surface area contributed by atoms with Crippen molar-refractivity contribution in [1.82, 2.24) is 10.2 Å². The third-order valence-corrected chi connectivity index (χ3v) is 5.25. The minimum Gasteiger partial charge on any atom is -0.490 e. The van der Waals surface area contributed by atoms with Gasteiger partial charge in [-0.2, -0.15) is 0 Å². The summed E-state index contributed by atoms with van der Waals surface area (Å²) in [4.78, 5) is 25.9. The van der Waals surface area contributed by atoms with Crippen molar-refractivity contribution >= 4 is 22.7 Å². The number of hydrogen-bond acceptors (Lipinski definition) is 4. The zero-order valence-electron chi connectivity index (χ0n) is 16.5. The quantitative estimate of drug-likeness (QED) is 0.566. The van der Waals surface area contributed by atoms with Crippen LogP contribution in [-0.2, 0) is 11.2 Å². The van der Waals surface area contributed by atoms with Gasteiger partial charge in [-0.25, -0.2) is 4.79 Å². The molecule has 3 aromatic carbocycles. The number of imide groups is 1. The minimum absolute atomic E-state index is 0.0141. The molecule has 2 atom stereocenters. The maximum absolute atomic E-state index is 12.6. The Morgan fingerprint density at radius 2 is 1.70 bits per heavy atom. The van der Waals surface area contributed by atoms with Gasteiger partial charge in [-0.15, -0.1) is 0 Å². The largest absolute Gasteiger partial charge is 0.490 e. The highest BCUT2D eigenvalue weighted by Gasteiger charge is 2.38. The number of β-amino-alcohol motifs (C(OH)–C–C–N with tert-alkyl or cyclic N) is 1. The maximum atomic E-state index is 12.6. The molecular weight excluding hydrogens is 380 g/mol. The van der Waals surface area contributed by atoms with Gasteiger partial charge in [0, 0.05) is 5.39 Å². The molecule has 1 heterocycles. The molecule has 30 heavy (non-hydrogen) atoms. The minimum atomic E-state index is -0.980. The summed E-state index contributed by atoms with van der Waals surface area (Å²) in [6.07, 6.45) is 0.234. The highest BCUT2D eigenvalue weighted by molar-refractivity contribution is 6.04. The summed E-state index contributed by atoms with van der Waals surface area (Å²) in [7, 11) is 0. The van der Waals surface area contributed by atoms with E-state index in [1.807, 2.05) is 72.8 Å². The molecule has 0 saturated carbocycles. The van der Waals surface area contributed by atoms with E-state index in [2.05, 4.69) is 5.32 Å².